The van der Waals surface area contributed by atoms with Gasteiger partial charge in [0, 0.05) is 17.2 Å². The van der Waals surface area contributed by atoms with Crippen molar-refractivity contribution in [2.75, 3.05) is 19.1 Å². The summed E-state index contributed by atoms with van der Waals surface area (Å²) in [5, 5.41) is 20.5. The molecule has 1 aliphatic carbocycles. The first-order valence-corrected chi connectivity index (χ1v) is 9.01. The van der Waals surface area contributed by atoms with Gasteiger partial charge in [-0.1, -0.05) is 6.58 Å². The normalized spacial score (nSPS) is 12.8. The summed E-state index contributed by atoms with van der Waals surface area (Å²) in [6, 6.07) is 7.93. The Morgan fingerprint density at radius 3 is 2.59 bits per heavy atom. The summed E-state index contributed by atoms with van der Waals surface area (Å²) in [6.45, 7) is 8.44. The van der Waals surface area contributed by atoms with E-state index >= 15 is 0 Å². The maximum atomic E-state index is 9.68. The molecule has 3 aliphatic rings. The second-order valence-electron chi connectivity index (χ2n) is 6.60. The molecule has 7 nitrogen and oxygen atoms in total. The van der Waals surface area contributed by atoms with E-state index in [4.69, 9.17) is 19.9 Å². The number of rotatable bonds is 3. The molecule has 0 fully saturated rings. The number of hydrogen-bond acceptors (Lipinski definition) is 6. The molecule has 7 heteroatoms. The van der Waals surface area contributed by atoms with Gasteiger partial charge >= 0.3 is 0 Å². The van der Waals surface area contributed by atoms with Crippen molar-refractivity contribution in [3.8, 4) is 40.6 Å². The van der Waals surface area contributed by atoms with Crippen molar-refractivity contribution in [2.24, 2.45) is 0 Å². The molecule has 2 heterocycles. The number of H-pyrrole nitrogens is 1. The Labute approximate surface area is 167 Å². The molecule has 0 aromatic heterocycles. The van der Waals surface area contributed by atoms with Crippen LogP contribution in [-0.4, -0.2) is 18.4 Å². The molecule has 0 spiro atoms. The number of aromatic nitrogens is 1. The van der Waals surface area contributed by atoms with Crippen molar-refractivity contribution in [3.05, 3.63) is 44.8 Å². The molecular formula is C22H18N4O3. The lowest BCUT2D eigenvalue weighted by Gasteiger charge is -2.11. The van der Waals surface area contributed by atoms with Crippen molar-refractivity contribution >= 4 is 18.5 Å². The molecule has 1 aromatic carbocycles. The summed E-state index contributed by atoms with van der Waals surface area (Å²) in [7, 11) is 0. The van der Waals surface area contributed by atoms with Crippen molar-refractivity contribution in [2.45, 2.75) is 13.8 Å². The number of pyridine rings is 1. The third-order valence-electron chi connectivity index (χ3n) is 5.00. The van der Waals surface area contributed by atoms with Gasteiger partial charge in [0.25, 0.3) is 0 Å². The number of hydrogen-bond donors (Lipinski definition) is 2. The first kappa shape index (κ1) is 18.3. The molecule has 0 saturated carbocycles. The van der Waals surface area contributed by atoms with E-state index in [9.17, 15) is 10.5 Å². The first-order chi connectivity index (χ1) is 14.0. The Hall–Kier alpha value is -4.10. The fourth-order valence-corrected chi connectivity index (χ4v) is 3.65. The van der Waals surface area contributed by atoms with Crippen LogP contribution >= 0.6 is 0 Å². The van der Waals surface area contributed by atoms with Gasteiger partial charge in [-0.3, -0.25) is 0 Å². The summed E-state index contributed by atoms with van der Waals surface area (Å²) in [5.74, 6) is 2.09. The molecule has 1 aromatic rings. The van der Waals surface area contributed by atoms with E-state index in [1.165, 1.54) is 0 Å². The number of ether oxygens (including phenoxy) is 3. The van der Waals surface area contributed by atoms with E-state index in [1.54, 1.807) is 6.07 Å². The fourth-order valence-electron chi connectivity index (χ4n) is 3.65. The van der Waals surface area contributed by atoms with Crippen molar-refractivity contribution in [1.29, 1.82) is 10.5 Å². The van der Waals surface area contributed by atoms with E-state index in [-0.39, 0.29) is 12.6 Å². The van der Waals surface area contributed by atoms with Gasteiger partial charge in [-0.2, -0.15) is 10.5 Å². The second-order valence-corrected chi connectivity index (χ2v) is 6.60. The summed E-state index contributed by atoms with van der Waals surface area (Å²) < 4.78 is 16.7. The van der Waals surface area contributed by atoms with Gasteiger partial charge in [-0.05, 0) is 42.0 Å². The lowest BCUT2D eigenvalue weighted by Crippen LogP contribution is -2.22. The topological polar surface area (TPSA) is 117 Å². The van der Waals surface area contributed by atoms with Crippen LogP contribution in [0.3, 0.4) is 0 Å². The van der Waals surface area contributed by atoms with E-state index < -0.39 is 0 Å². The lowest BCUT2D eigenvalue weighted by molar-refractivity contribution is 0.174. The van der Waals surface area contributed by atoms with Gasteiger partial charge in [-0.25, -0.2) is 0 Å². The standard InChI is InChI=1S/C22H18N4O3/c1-4-27-17-7-19-18(28-10-29-19)6-13(17)5-14-11(2)15(8-23)21-20(14)12(3)16(9-24)22(25)26-21/h5-7,26H,2,4,10,25H2,1,3H3/b14-5+. The zero-order chi connectivity index (χ0) is 20.7. The van der Waals surface area contributed by atoms with E-state index in [1.807, 2.05) is 26.0 Å². The molecule has 144 valence electrons. The van der Waals surface area contributed by atoms with Crippen LogP contribution in [0.2, 0.25) is 0 Å². The number of fused-ring (bicyclic) bond motifs is 2. The minimum absolute atomic E-state index is 0.154. The molecule has 0 amide bonds. The quantitative estimate of drug-likeness (QED) is 0.712. The van der Waals surface area contributed by atoms with E-state index in [2.05, 4.69) is 23.7 Å². The molecule has 0 saturated heterocycles. The Bertz CT molecular complexity index is 1310. The zero-order valence-electron chi connectivity index (χ0n) is 16.0. The Kier molecular flexibility index (Phi) is 4.29. The number of nitrogens with zero attached hydrogens (tertiary/aromatic N) is 2. The van der Waals surface area contributed by atoms with Crippen LogP contribution in [0.15, 0.2) is 12.1 Å². The monoisotopic (exact) mass is 386 g/mol. The molecule has 0 radical (unpaired) electrons. The number of nitrogen functional groups attached to an aromatic ring is 1. The van der Waals surface area contributed by atoms with Gasteiger partial charge in [0.15, 0.2) is 11.5 Å². The highest BCUT2D eigenvalue weighted by Crippen LogP contribution is 2.38. The highest BCUT2D eigenvalue weighted by molar-refractivity contribution is 5.82. The Morgan fingerprint density at radius 1 is 1.24 bits per heavy atom. The molecule has 3 N–H and O–H groups in total. The molecule has 4 rings (SSSR count). The van der Waals surface area contributed by atoms with Crippen LogP contribution in [0, 0.1) is 29.6 Å². The number of nitrogens with one attached hydrogen (secondary N) is 1. The van der Waals surface area contributed by atoms with Gasteiger partial charge in [0.2, 0.25) is 6.79 Å². The Morgan fingerprint density at radius 2 is 1.93 bits per heavy atom. The molecular weight excluding hydrogens is 368 g/mol. The average Bonchev–Trinajstić information content (AvgIpc) is 3.24. The lowest BCUT2D eigenvalue weighted by atomic mass is 10.0. The van der Waals surface area contributed by atoms with Crippen molar-refractivity contribution < 1.29 is 14.2 Å². The number of nitrogens with two attached hydrogens (primary N) is 1. The van der Waals surface area contributed by atoms with Crippen molar-refractivity contribution in [1.82, 2.24) is 4.98 Å². The van der Waals surface area contributed by atoms with Gasteiger partial charge in [0.1, 0.15) is 23.7 Å². The van der Waals surface area contributed by atoms with E-state index in [0.29, 0.717) is 51.5 Å². The number of anilines is 1. The van der Waals surface area contributed by atoms with Gasteiger partial charge in [-0.15, -0.1) is 0 Å². The molecule has 2 aliphatic heterocycles. The molecule has 29 heavy (non-hydrogen) atoms. The molecule has 0 bridgehead atoms. The Balaban J connectivity index is 2.09. The maximum Gasteiger partial charge on any atom is 0.231 e. The van der Waals surface area contributed by atoms with Crippen LogP contribution in [0.4, 0.5) is 5.82 Å². The first-order valence-electron chi connectivity index (χ1n) is 9.01. The highest BCUT2D eigenvalue weighted by atomic mass is 16.7. The summed E-state index contributed by atoms with van der Waals surface area (Å²) >= 11 is 0. The predicted molar refractivity (Wildman–Crippen MR) is 108 cm³/mol. The summed E-state index contributed by atoms with van der Waals surface area (Å²) in [5.41, 5.74) is 9.47. The van der Waals surface area contributed by atoms with E-state index in [0.717, 1.165) is 16.3 Å². The van der Waals surface area contributed by atoms with Crippen LogP contribution in [0.25, 0.3) is 23.9 Å². The van der Waals surface area contributed by atoms with Crippen LogP contribution in [-0.2, 0) is 0 Å². The van der Waals surface area contributed by atoms with Crippen LogP contribution in [0.1, 0.15) is 29.2 Å². The highest BCUT2D eigenvalue weighted by Gasteiger charge is 2.23. The van der Waals surface area contributed by atoms with Gasteiger partial charge < -0.3 is 24.9 Å². The maximum absolute atomic E-state index is 9.68. The third-order valence-corrected chi connectivity index (χ3v) is 5.00. The van der Waals surface area contributed by atoms with Crippen LogP contribution < -0.4 is 30.4 Å². The predicted octanol–water partition coefficient (Wildman–Crippen LogP) is 2.12. The fraction of sp³-hybridized carbons (Fsp3) is 0.182. The summed E-state index contributed by atoms with van der Waals surface area (Å²) in [6.07, 6.45) is 1.89. The van der Waals surface area contributed by atoms with Gasteiger partial charge in [0.05, 0.1) is 23.4 Å². The minimum atomic E-state index is 0.154. The largest absolute Gasteiger partial charge is 0.493 e. The second kappa shape index (κ2) is 6.81. The SMILES string of the molecule is C=c1c(C#N)c2[nH]c(N)c(C#N)c(C)c-2/c1=C/c1cc2c(cc1OCC)OCO2. The zero-order valence-corrected chi connectivity index (χ0v) is 16.0. The molecule has 0 atom stereocenters. The number of benzene rings is 1. The third kappa shape index (κ3) is 2.72. The van der Waals surface area contributed by atoms with Crippen LogP contribution in [0.5, 0.6) is 17.2 Å². The number of aromatic amines is 1. The minimum Gasteiger partial charge on any atom is -0.493 e. The summed E-state index contributed by atoms with van der Waals surface area (Å²) in [4.78, 5) is 2.99. The smallest absolute Gasteiger partial charge is 0.231 e. The molecule has 0 unspecified atom stereocenters. The number of nitriles is 2. The van der Waals surface area contributed by atoms with Crippen molar-refractivity contribution in [3.63, 3.8) is 0 Å². The average molecular weight is 386 g/mol.